The van der Waals surface area contributed by atoms with E-state index >= 15 is 0 Å². The number of nitro benzene ring substituents is 1. The zero-order chi connectivity index (χ0) is 56.4. The summed E-state index contributed by atoms with van der Waals surface area (Å²) in [7, 11) is 0. The molecule has 0 amide bonds. The van der Waals surface area contributed by atoms with Crippen LogP contribution in [0.15, 0.2) is 174 Å². The Morgan fingerprint density at radius 2 is 0.722 bits per heavy atom. The highest BCUT2D eigenvalue weighted by Crippen LogP contribution is 2.45. The maximum absolute atomic E-state index is 14.6. The van der Waals surface area contributed by atoms with Gasteiger partial charge in [0, 0.05) is 76.3 Å². The first-order valence-corrected chi connectivity index (χ1v) is 26.3. The van der Waals surface area contributed by atoms with Crippen molar-refractivity contribution in [3.63, 3.8) is 0 Å². The average molecular weight is 1050 g/mol. The molecule has 0 radical (unpaired) electrons. The summed E-state index contributed by atoms with van der Waals surface area (Å²) < 4.78 is 19.9. The number of carbonyl (C=O) groups excluding carboxylic acids is 3. The standard InChI is InChI=1S/C67H63N3O9/c1-65(2,3)52-33-46-29-44-39-55(68-69-56-27-19-20-28-57(56)70(75)76)40-45(58(44)71)30-47-34-53(66(4,5)6)36-49(60(47)78-63(73)42-23-15-11-16-24-42)32-51-38-54(67(7,8)9)37-50(61(51)79-64(74)43-25-17-12-18-26-43)31-48(35-52)59(46)77-62(72)41-21-13-10-14-22-41/h10-28,33-40,71H,29-32H2,1-9H3. The fraction of sp³-hybridized carbons (Fsp3) is 0.239. The minimum atomic E-state index is -0.608. The fourth-order valence-electron chi connectivity index (χ4n) is 9.63. The molecule has 0 fully saturated rings. The molecule has 0 spiro atoms. The van der Waals surface area contributed by atoms with Gasteiger partial charge in [0.2, 0.25) is 0 Å². The van der Waals surface area contributed by atoms with Gasteiger partial charge in [-0.15, -0.1) is 5.11 Å². The van der Waals surface area contributed by atoms with Crippen molar-refractivity contribution in [3.8, 4) is 23.0 Å². The van der Waals surface area contributed by atoms with Gasteiger partial charge >= 0.3 is 17.9 Å². The predicted molar refractivity (Wildman–Crippen MR) is 306 cm³/mol. The third kappa shape index (κ3) is 12.6. The maximum Gasteiger partial charge on any atom is 0.343 e. The van der Waals surface area contributed by atoms with Gasteiger partial charge in [0.15, 0.2) is 5.69 Å². The minimum Gasteiger partial charge on any atom is -0.507 e. The number of phenols is 1. The van der Waals surface area contributed by atoms with E-state index in [1.54, 1.807) is 97.1 Å². The Balaban J connectivity index is 1.39. The molecule has 8 aromatic rings. The Hall–Kier alpha value is -9.03. The van der Waals surface area contributed by atoms with E-state index < -0.39 is 39.1 Å². The van der Waals surface area contributed by atoms with E-state index in [1.165, 1.54) is 12.1 Å². The molecule has 400 valence electrons. The van der Waals surface area contributed by atoms with Crippen molar-refractivity contribution < 1.29 is 38.6 Å². The SMILES string of the molecule is CC(C)(C)c1cc2c(OC(=O)c3ccccc3)c(c1)Cc1cc(C(C)(C)C)cc(c1OC(=O)c1ccccc1)Cc1cc(C(C)(C)C)cc(c1OC(=O)c1ccccc1)Cc1cc(N=Nc3ccccc3[N+](=O)[O-])cc(c1O)C2. The molecule has 12 nitrogen and oxygen atoms in total. The van der Waals surface area contributed by atoms with E-state index in [9.17, 15) is 29.6 Å². The van der Waals surface area contributed by atoms with E-state index in [2.05, 4.69) is 72.5 Å². The number of nitro groups is 1. The number of nitrogens with zero attached hydrogens (tertiary/aromatic N) is 3. The van der Waals surface area contributed by atoms with Crippen LogP contribution in [0, 0.1) is 10.1 Å². The highest BCUT2D eigenvalue weighted by atomic mass is 16.6. The Morgan fingerprint density at radius 3 is 1.03 bits per heavy atom. The highest BCUT2D eigenvalue weighted by molar-refractivity contribution is 5.93. The number of azo groups is 1. The summed E-state index contributed by atoms with van der Waals surface area (Å²) >= 11 is 0. The molecule has 0 unspecified atom stereocenters. The number of hydrogen-bond donors (Lipinski definition) is 1. The number of esters is 3. The average Bonchev–Trinajstić information content (AvgIpc) is 3.53. The number of ether oxygens (including phenoxy) is 3. The van der Waals surface area contributed by atoms with Crippen molar-refractivity contribution in [1.29, 1.82) is 0 Å². The van der Waals surface area contributed by atoms with E-state index in [0.717, 1.165) is 16.7 Å². The summed E-state index contributed by atoms with van der Waals surface area (Å²) in [5, 5.41) is 33.9. The summed E-state index contributed by atoms with van der Waals surface area (Å²) in [6.07, 6.45) is 0.197. The highest BCUT2D eigenvalue weighted by Gasteiger charge is 2.31. The van der Waals surface area contributed by atoms with Gasteiger partial charge < -0.3 is 19.3 Å². The third-order valence-corrected chi connectivity index (χ3v) is 14.1. The molecule has 79 heavy (non-hydrogen) atoms. The molecule has 12 heteroatoms. The molecule has 0 aliphatic heterocycles. The Bertz CT molecular complexity index is 3510. The van der Waals surface area contributed by atoms with Gasteiger partial charge in [-0.05, 0) is 87.5 Å². The zero-order valence-corrected chi connectivity index (χ0v) is 46.0. The van der Waals surface area contributed by atoms with Gasteiger partial charge in [-0.2, -0.15) is 5.11 Å². The van der Waals surface area contributed by atoms with Crippen LogP contribution in [0.5, 0.6) is 23.0 Å². The molecule has 8 bridgehead atoms. The van der Waals surface area contributed by atoms with Crippen LogP contribution in [-0.4, -0.2) is 27.9 Å². The number of hydrogen-bond acceptors (Lipinski definition) is 11. The molecule has 0 atom stereocenters. The fourth-order valence-corrected chi connectivity index (χ4v) is 9.63. The first-order valence-electron chi connectivity index (χ1n) is 26.3. The molecular formula is C67H63N3O9. The number of fused-ring (bicyclic) bond motifs is 8. The molecule has 1 aliphatic carbocycles. The molecule has 0 saturated heterocycles. The number of aromatic hydroxyl groups is 1. The number of carbonyl (C=O) groups is 3. The molecule has 0 heterocycles. The summed E-state index contributed by atoms with van der Waals surface area (Å²) in [5.41, 5.74) is 6.74. The zero-order valence-electron chi connectivity index (χ0n) is 46.0. The first-order chi connectivity index (χ1) is 37.5. The molecule has 0 aromatic heterocycles. The Labute approximate surface area is 460 Å². The molecule has 1 N–H and O–H groups in total. The second kappa shape index (κ2) is 22.1. The van der Waals surface area contributed by atoms with Crippen LogP contribution >= 0.6 is 0 Å². The number of para-hydroxylation sites is 1. The summed E-state index contributed by atoms with van der Waals surface area (Å²) in [4.78, 5) is 55.1. The van der Waals surface area contributed by atoms with Crippen LogP contribution in [0.4, 0.5) is 17.1 Å². The van der Waals surface area contributed by atoms with E-state index in [0.29, 0.717) is 66.9 Å². The predicted octanol–water partition coefficient (Wildman–Crippen LogP) is 15.9. The van der Waals surface area contributed by atoms with Gasteiger partial charge in [0.1, 0.15) is 23.0 Å². The molecule has 9 rings (SSSR count). The van der Waals surface area contributed by atoms with E-state index in [-0.39, 0.29) is 60.0 Å². The van der Waals surface area contributed by atoms with Crippen LogP contribution in [0.25, 0.3) is 0 Å². The van der Waals surface area contributed by atoms with Crippen molar-refractivity contribution in [2.75, 3.05) is 0 Å². The largest absolute Gasteiger partial charge is 0.507 e. The van der Waals surface area contributed by atoms with Gasteiger partial charge in [-0.25, -0.2) is 14.4 Å². The van der Waals surface area contributed by atoms with E-state index in [1.807, 2.05) is 54.6 Å². The van der Waals surface area contributed by atoms with Crippen molar-refractivity contribution in [2.45, 2.75) is 104 Å². The van der Waals surface area contributed by atoms with E-state index in [4.69, 9.17) is 14.2 Å². The van der Waals surface area contributed by atoms with Crippen LogP contribution < -0.4 is 14.2 Å². The number of benzene rings is 8. The summed E-state index contributed by atoms with van der Waals surface area (Å²) in [6, 6.07) is 47.6. The van der Waals surface area contributed by atoms with Crippen molar-refractivity contribution in [2.24, 2.45) is 10.2 Å². The quantitative estimate of drug-likeness (QED) is 0.0486. The minimum absolute atomic E-state index is 0.00569. The van der Waals surface area contributed by atoms with Gasteiger partial charge in [0.05, 0.1) is 27.3 Å². The van der Waals surface area contributed by atoms with Crippen molar-refractivity contribution >= 4 is 35.0 Å². The normalized spacial score (nSPS) is 12.7. The van der Waals surface area contributed by atoms with Crippen molar-refractivity contribution in [3.05, 3.63) is 252 Å². The molecule has 8 aromatic carbocycles. The monoisotopic (exact) mass is 1050 g/mol. The topological polar surface area (TPSA) is 167 Å². The lowest BCUT2D eigenvalue weighted by Crippen LogP contribution is -2.19. The van der Waals surface area contributed by atoms with Gasteiger partial charge in [0.25, 0.3) is 5.69 Å². The Kier molecular flexibility index (Phi) is 15.3. The van der Waals surface area contributed by atoms with Crippen LogP contribution in [0.2, 0.25) is 0 Å². The van der Waals surface area contributed by atoms with Crippen molar-refractivity contribution in [1.82, 2.24) is 0 Å². The molecule has 0 saturated carbocycles. The second-order valence-corrected chi connectivity index (χ2v) is 23.2. The Morgan fingerprint density at radius 1 is 0.430 bits per heavy atom. The smallest absolute Gasteiger partial charge is 0.343 e. The van der Waals surface area contributed by atoms with Crippen LogP contribution in [0.1, 0.15) is 155 Å². The number of phenolic OH excluding ortho intramolecular Hbond substituents is 1. The number of rotatable bonds is 9. The summed E-state index contributed by atoms with van der Waals surface area (Å²) in [6.45, 7) is 18.9. The lowest BCUT2D eigenvalue weighted by atomic mass is 9.80. The first kappa shape index (κ1) is 54.7. The molecular weight excluding hydrogens is 991 g/mol. The van der Waals surface area contributed by atoms with Gasteiger partial charge in [-0.1, -0.05) is 165 Å². The van der Waals surface area contributed by atoms with Crippen LogP contribution in [-0.2, 0) is 41.9 Å². The lowest BCUT2D eigenvalue weighted by Gasteiger charge is -2.28. The maximum atomic E-state index is 14.6. The lowest BCUT2D eigenvalue weighted by molar-refractivity contribution is -0.384. The second-order valence-electron chi connectivity index (χ2n) is 23.2. The summed E-state index contributed by atoms with van der Waals surface area (Å²) in [5.74, 6) is -1.09. The van der Waals surface area contributed by atoms with Gasteiger partial charge in [-0.3, -0.25) is 10.1 Å². The van der Waals surface area contributed by atoms with Crippen LogP contribution in [0.3, 0.4) is 0 Å². The third-order valence-electron chi connectivity index (χ3n) is 14.1. The molecule has 1 aliphatic rings.